The Hall–Kier alpha value is -1.61. The lowest BCUT2D eigenvalue weighted by Gasteiger charge is -2.00. The van der Waals surface area contributed by atoms with Crippen molar-refractivity contribution in [3.05, 3.63) is 53.2 Å². The van der Waals surface area contributed by atoms with Gasteiger partial charge in [0, 0.05) is 12.3 Å². The normalized spacial score (nSPS) is 12.6. The number of aromatic nitrogens is 1. The smallest absolute Gasteiger partial charge is 0.198 e. The van der Waals surface area contributed by atoms with E-state index in [4.69, 9.17) is 9.52 Å². The van der Waals surface area contributed by atoms with Gasteiger partial charge in [0.05, 0.1) is 12.3 Å². The molecule has 0 spiro atoms. The fourth-order valence-electron chi connectivity index (χ4n) is 1.61. The van der Waals surface area contributed by atoms with Crippen LogP contribution in [0.15, 0.2) is 34.9 Å². The van der Waals surface area contributed by atoms with Crippen molar-refractivity contribution in [1.82, 2.24) is 4.98 Å². The molecule has 1 atom stereocenters. The second-order valence-corrected chi connectivity index (χ2v) is 4.41. The lowest BCUT2D eigenvalue weighted by molar-refractivity contribution is 0.271. The lowest BCUT2D eigenvalue weighted by atomic mass is 10.1. The van der Waals surface area contributed by atoms with Gasteiger partial charge in [-0.05, 0) is 12.5 Å². The molecule has 0 bridgehead atoms. The molecular weight excluding hydrogens is 214 g/mol. The van der Waals surface area contributed by atoms with Crippen LogP contribution in [0, 0.1) is 6.92 Å². The van der Waals surface area contributed by atoms with Gasteiger partial charge in [-0.3, -0.25) is 0 Å². The molecule has 90 valence electrons. The van der Waals surface area contributed by atoms with Gasteiger partial charge in [-0.2, -0.15) is 0 Å². The van der Waals surface area contributed by atoms with E-state index >= 15 is 0 Å². The maximum absolute atomic E-state index is 9.04. The summed E-state index contributed by atoms with van der Waals surface area (Å²) in [6.45, 7) is 4.08. The average Bonchev–Trinajstić information content (AvgIpc) is 2.80. The number of nitrogens with zero attached hydrogens (tertiary/aromatic N) is 1. The van der Waals surface area contributed by atoms with Gasteiger partial charge in [0.2, 0.25) is 0 Å². The van der Waals surface area contributed by atoms with Crippen LogP contribution >= 0.6 is 0 Å². The van der Waals surface area contributed by atoms with Crippen LogP contribution in [0.1, 0.15) is 35.6 Å². The van der Waals surface area contributed by atoms with Gasteiger partial charge in [-0.25, -0.2) is 4.98 Å². The molecule has 0 fully saturated rings. The molecule has 0 aliphatic carbocycles. The number of oxazole rings is 1. The van der Waals surface area contributed by atoms with Gasteiger partial charge in [-0.15, -0.1) is 0 Å². The summed E-state index contributed by atoms with van der Waals surface area (Å²) in [4.78, 5) is 4.37. The molecule has 1 unspecified atom stereocenters. The van der Waals surface area contributed by atoms with Gasteiger partial charge >= 0.3 is 0 Å². The molecule has 1 heterocycles. The van der Waals surface area contributed by atoms with E-state index in [0.717, 1.165) is 5.69 Å². The molecule has 3 nitrogen and oxygen atoms in total. The Morgan fingerprint density at radius 2 is 2.00 bits per heavy atom. The minimum absolute atomic E-state index is 0.0329. The summed E-state index contributed by atoms with van der Waals surface area (Å²) in [5, 5.41) is 9.04. The zero-order valence-corrected chi connectivity index (χ0v) is 10.2. The summed E-state index contributed by atoms with van der Waals surface area (Å²) >= 11 is 0. The zero-order valence-electron chi connectivity index (χ0n) is 10.2. The van der Waals surface area contributed by atoms with Gasteiger partial charge in [0.15, 0.2) is 5.89 Å². The molecule has 0 aliphatic heterocycles. The molecule has 1 aromatic heterocycles. The lowest BCUT2D eigenvalue weighted by Crippen LogP contribution is -1.99. The molecule has 2 rings (SSSR count). The third kappa shape index (κ3) is 2.94. The highest BCUT2D eigenvalue weighted by Crippen LogP contribution is 2.16. The van der Waals surface area contributed by atoms with Crippen LogP contribution in [0.2, 0.25) is 0 Å². The standard InChI is InChI=1S/C14H17NO2/c1-10-3-5-12(6-4-10)7-14-15-13(9-17-14)11(2)8-16/h3-6,9,11,16H,7-8H2,1-2H3. The molecular formula is C14H17NO2. The van der Waals surface area contributed by atoms with E-state index in [1.807, 2.05) is 6.92 Å². The van der Waals surface area contributed by atoms with Crippen LogP contribution in [0.3, 0.4) is 0 Å². The summed E-state index contributed by atoms with van der Waals surface area (Å²) < 4.78 is 5.40. The molecule has 17 heavy (non-hydrogen) atoms. The quantitative estimate of drug-likeness (QED) is 0.880. The minimum Gasteiger partial charge on any atom is -0.448 e. The van der Waals surface area contributed by atoms with Crippen molar-refractivity contribution >= 4 is 0 Å². The predicted octanol–water partition coefficient (Wildman–Crippen LogP) is 2.67. The molecule has 2 aromatic rings. The summed E-state index contributed by atoms with van der Waals surface area (Å²) in [5.74, 6) is 0.731. The molecule has 0 saturated heterocycles. The van der Waals surface area contributed by atoms with Crippen molar-refractivity contribution in [3.8, 4) is 0 Å². The third-order valence-corrected chi connectivity index (χ3v) is 2.82. The number of aliphatic hydroxyl groups is 1. The van der Waals surface area contributed by atoms with E-state index in [2.05, 4.69) is 36.2 Å². The summed E-state index contributed by atoms with van der Waals surface area (Å²) in [7, 11) is 0. The van der Waals surface area contributed by atoms with E-state index in [-0.39, 0.29) is 12.5 Å². The minimum atomic E-state index is 0.0329. The summed E-state index contributed by atoms with van der Waals surface area (Å²) in [6, 6.07) is 8.31. The van der Waals surface area contributed by atoms with Gasteiger partial charge in [0.1, 0.15) is 6.26 Å². The maximum atomic E-state index is 9.04. The van der Waals surface area contributed by atoms with Crippen molar-refractivity contribution in [2.24, 2.45) is 0 Å². The second kappa shape index (κ2) is 5.15. The Labute approximate surface area is 101 Å². The van der Waals surface area contributed by atoms with E-state index in [0.29, 0.717) is 12.3 Å². The van der Waals surface area contributed by atoms with Crippen molar-refractivity contribution in [3.63, 3.8) is 0 Å². The van der Waals surface area contributed by atoms with Crippen LogP contribution in [0.25, 0.3) is 0 Å². The number of benzene rings is 1. The maximum Gasteiger partial charge on any atom is 0.198 e. The number of aliphatic hydroxyl groups excluding tert-OH is 1. The second-order valence-electron chi connectivity index (χ2n) is 4.41. The molecule has 0 saturated carbocycles. The number of aryl methyl sites for hydroxylation is 1. The Kier molecular flexibility index (Phi) is 3.59. The molecule has 3 heteroatoms. The Bertz CT molecular complexity index is 473. The monoisotopic (exact) mass is 231 g/mol. The van der Waals surface area contributed by atoms with Gasteiger partial charge in [0.25, 0.3) is 0 Å². The van der Waals surface area contributed by atoms with E-state index in [1.54, 1.807) is 6.26 Å². The highest BCUT2D eigenvalue weighted by atomic mass is 16.3. The third-order valence-electron chi connectivity index (χ3n) is 2.82. The number of rotatable bonds is 4. The fraction of sp³-hybridized carbons (Fsp3) is 0.357. The first kappa shape index (κ1) is 11.9. The van der Waals surface area contributed by atoms with Crippen molar-refractivity contribution in [2.45, 2.75) is 26.2 Å². The van der Waals surface area contributed by atoms with E-state index in [9.17, 15) is 0 Å². The largest absolute Gasteiger partial charge is 0.448 e. The number of hydrogen-bond donors (Lipinski definition) is 1. The van der Waals surface area contributed by atoms with Crippen LogP contribution in [0.4, 0.5) is 0 Å². The Morgan fingerprint density at radius 1 is 1.29 bits per heavy atom. The highest BCUT2D eigenvalue weighted by Gasteiger charge is 2.10. The van der Waals surface area contributed by atoms with Crippen LogP contribution in [0.5, 0.6) is 0 Å². The molecule has 0 aliphatic rings. The average molecular weight is 231 g/mol. The van der Waals surface area contributed by atoms with E-state index < -0.39 is 0 Å². The van der Waals surface area contributed by atoms with Gasteiger partial charge < -0.3 is 9.52 Å². The van der Waals surface area contributed by atoms with Crippen molar-refractivity contribution in [1.29, 1.82) is 0 Å². The summed E-state index contributed by atoms with van der Waals surface area (Å²) in [6.07, 6.45) is 2.32. The Morgan fingerprint density at radius 3 is 2.65 bits per heavy atom. The molecule has 1 aromatic carbocycles. The fourth-order valence-corrected chi connectivity index (χ4v) is 1.61. The molecule has 0 radical (unpaired) electrons. The first-order valence-corrected chi connectivity index (χ1v) is 5.79. The van der Waals surface area contributed by atoms with Crippen LogP contribution in [-0.2, 0) is 6.42 Å². The topological polar surface area (TPSA) is 46.3 Å². The molecule has 1 N–H and O–H groups in total. The van der Waals surface area contributed by atoms with Crippen LogP contribution in [-0.4, -0.2) is 16.7 Å². The predicted molar refractivity (Wildman–Crippen MR) is 66.0 cm³/mol. The SMILES string of the molecule is Cc1ccc(Cc2nc(C(C)CO)co2)cc1. The first-order chi connectivity index (χ1) is 8.19. The van der Waals surface area contributed by atoms with Crippen molar-refractivity contribution in [2.75, 3.05) is 6.61 Å². The highest BCUT2D eigenvalue weighted by molar-refractivity contribution is 5.23. The zero-order chi connectivity index (χ0) is 12.3. The first-order valence-electron chi connectivity index (χ1n) is 5.79. The summed E-state index contributed by atoms with van der Waals surface area (Å²) in [5.41, 5.74) is 3.24. The van der Waals surface area contributed by atoms with E-state index in [1.165, 1.54) is 11.1 Å². The van der Waals surface area contributed by atoms with Gasteiger partial charge in [-0.1, -0.05) is 36.8 Å². The number of hydrogen-bond acceptors (Lipinski definition) is 3. The van der Waals surface area contributed by atoms with Crippen molar-refractivity contribution < 1.29 is 9.52 Å². The molecule has 0 amide bonds. The van der Waals surface area contributed by atoms with Crippen LogP contribution < -0.4 is 0 Å². The Balaban J connectivity index is 2.08.